The fourth-order valence-corrected chi connectivity index (χ4v) is 2.72. The van der Waals surface area contributed by atoms with Crippen LogP contribution in [0, 0.1) is 0 Å². The van der Waals surface area contributed by atoms with Crippen molar-refractivity contribution in [2.45, 2.75) is 32.3 Å². The Kier molecular flexibility index (Phi) is 5.33. The molecule has 0 saturated heterocycles. The van der Waals surface area contributed by atoms with E-state index in [2.05, 4.69) is 24.1 Å². The molecule has 1 unspecified atom stereocenters. The number of aromatic nitrogens is 1. The average Bonchev–Trinajstić information content (AvgIpc) is 2.87. The highest BCUT2D eigenvalue weighted by molar-refractivity contribution is 7.15. The predicted octanol–water partition coefficient (Wildman–Crippen LogP) is 3.98. The van der Waals surface area contributed by atoms with E-state index in [1.807, 2.05) is 0 Å². The molecule has 0 saturated carbocycles. The molecule has 0 aliphatic rings. The van der Waals surface area contributed by atoms with Crippen LogP contribution in [0.2, 0.25) is 5.02 Å². The van der Waals surface area contributed by atoms with Crippen molar-refractivity contribution in [1.82, 2.24) is 4.98 Å². The van der Waals surface area contributed by atoms with Gasteiger partial charge in [-0.05, 0) is 23.6 Å². The fourth-order valence-electron chi connectivity index (χ4n) is 1.76. The van der Waals surface area contributed by atoms with Crippen molar-refractivity contribution >= 4 is 34.0 Å². The summed E-state index contributed by atoms with van der Waals surface area (Å²) in [5.41, 5.74) is 0.663. The number of thiazole rings is 1. The number of hydrogen-bond acceptors (Lipinski definition) is 4. The average molecular weight is 325 g/mol. The zero-order chi connectivity index (χ0) is 15.4. The Bertz CT molecular complexity index is 610. The second-order valence-corrected chi connectivity index (χ2v) is 6.54. The highest BCUT2D eigenvalue weighted by Crippen LogP contribution is 2.26. The van der Waals surface area contributed by atoms with Gasteiger partial charge in [-0.2, -0.15) is 0 Å². The number of benzene rings is 1. The van der Waals surface area contributed by atoms with E-state index >= 15 is 0 Å². The van der Waals surface area contributed by atoms with E-state index in [-0.39, 0.29) is 12.3 Å². The largest absolute Gasteiger partial charge is 0.388 e. The first kappa shape index (κ1) is 15.9. The lowest BCUT2D eigenvalue weighted by atomic mass is 10.1. The van der Waals surface area contributed by atoms with E-state index in [9.17, 15) is 9.90 Å². The summed E-state index contributed by atoms with van der Waals surface area (Å²) in [6.07, 6.45) is 0.894. The summed E-state index contributed by atoms with van der Waals surface area (Å²) in [7, 11) is 0. The molecule has 1 heterocycles. The van der Waals surface area contributed by atoms with E-state index in [1.165, 1.54) is 11.3 Å². The van der Waals surface area contributed by atoms with Crippen LogP contribution in [0.25, 0.3) is 0 Å². The third kappa shape index (κ3) is 4.52. The van der Waals surface area contributed by atoms with Gasteiger partial charge in [-0.1, -0.05) is 37.6 Å². The Morgan fingerprint density at radius 1 is 1.38 bits per heavy atom. The molecule has 2 aromatic rings. The minimum absolute atomic E-state index is 0.0157. The van der Waals surface area contributed by atoms with Gasteiger partial charge in [0.15, 0.2) is 5.13 Å². The van der Waals surface area contributed by atoms with Crippen molar-refractivity contribution in [2.24, 2.45) is 0 Å². The highest BCUT2D eigenvalue weighted by Gasteiger charge is 2.15. The molecule has 1 atom stereocenters. The van der Waals surface area contributed by atoms with Crippen molar-refractivity contribution in [3.63, 3.8) is 0 Å². The Balaban J connectivity index is 1.93. The molecule has 6 heteroatoms. The molecule has 0 spiro atoms. The topological polar surface area (TPSA) is 62.2 Å². The molecule has 0 fully saturated rings. The second-order valence-electron chi connectivity index (χ2n) is 5.04. The van der Waals surface area contributed by atoms with Crippen molar-refractivity contribution in [3.8, 4) is 0 Å². The smallest absolute Gasteiger partial charge is 0.229 e. The summed E-state index contributed by atoms with van der Waals surface area (Å²) in [6.45, 7) is 4.15. The number of anilines is 1. The summed E-state index contributed by atoms with van der Waals surface area (Å²) in [4.78, 5) is 17.2. The van der Waals surface area contributed by atoms with Crippen LogP contribution in [0.5, 0.6) is 0 Å². The summed E-state index contributed by atoms with van der Waals surface area (Å²) in [5.74, 6) is 0.120. The first-order valence-electron chi connectivity index (χ1n) is 6.65. The molecule has 21 heavy (non-hydrogen) atoms. The molecule has 2 rings (SSSR count). The van der Waals surface area contributed by atoms with Crippen LogP contribution in [-0.4, -0.2) is 16.0 Å². The predicted molar refractivity (Wildman–Crippen MR) is 85.9 cm³/mol. The van der Waals surface area contributed by atoms with Crippen LogP contribution in [0.15, 0.2) is 30.5 Å². The number of aliphatic hydroxyl groups is 1. The van der Waals surface area contributed by atoms with Gasteiger partial charge in [-0.3, -0.25) is 4.79 Å². The van der Waals surface area contributed by atoms with Crippen molar-refractivity contribution in [2.75, 3.05) is 5.32 Å². The number of aliphatic hydroxyl groups excluding tert-OH is 1. The molecule has 4 nitrogen and oxygen atoms in total. The Hall–Kier alpha value is -1.43. The maximum absolute atomic E-state index is 11.9. The van der Waals surface area contributed by atoms with Gasteiger partial charge < -0.3 is 10.4 Å². The van der Waals surface area contributed by atoms with Gasteiger partial charge in [0.2, 0.25) is 5.91 Å². The van der Waals surface area contributed by atoms with Crippen LogP contribution in [-0.2, 0) is 4.79 Å². The molecule has 1 amide bonds. The number of carbonyl (C=O) groups is 1. The minimum atomic E-state index is -0.855. The molecule has 0 bridgehead atoms. The number of nitrogens with one attached hydrogen (secondary N) is 1. The maximum Gasteiger partial charge on any atom is 0.229 e. The van der Waals surface area contributed by atoms with Gasteiger partial charge >= 0.3 is 0 Å². The zero-order valence-corrected chi connectivity index (χ0v) is 13.4. The van der Waals surface area contributed by atoms with Gasteiger partial charge in [0.25, 0.3) is 0 Å². The van der Waals surface area contributed by atoms with E-state index < -0.39 is 6.10 Å². The van der Waals surface area contributed by atoms with Crippen LogP contribution in [0.4, 0.5) is 5.13 Å². The van der Waals surface area contributed by atoms with Crippen LogP contribution in [0.1, 0.15) is 42.7 Å². The quantitative estimate of drug-likeness (QED) is 0.874. The second kappa shape index (κ2) is 7.02. The molecule has 0 radical (unpaired) electrons. The summed E-state index contributed by atoms with van der Waals surface area (Å²) in [6, 6.07) is 6.79. The van der Waals surface area contributed by atoms with E-state index in [0.29, 0.717) is 21.6 Å². The Morgan fingerprint density at radius 3 is 2.62 bits per heavy atom. The molecule has 0 aliphatic heterocycles. The van der Waals surface area contributed by atoms with E-state index in [1.54, 1.807) is 30.5 Å². The summed E-state index contributed by atoms with van der Waals surface area (Å²) < 4.78 is 0. The third-order valence-corrected chi connectivity index (χ3v) is 4.44. The number of halogens is 1. The molecular weight excluding hydrogens is 308 g/mol. The first-order valence-corrected chi connectivity index (χ1v) is 7.84. The highest BCUT2D eigenvalue weighted by atomic mass is 35.5. The zero-order valence-electron chi connectivity index (χ0n) is 11.8. The lowest BCUT2D eigenvalue weighted by Gasteiger charge is -2.10. The van der Waals surface area contributed by atoms with Gasteiger partial charge in [-0.15, -0.1) is 11.3 Å². The number of rotatable bonds is 5. The van der Waals surface area contributed by atoms with Gasteiger partial charge in [-0.25, -0.2) is 4.98 Å². The van der Waals surface area contributed by atoms with E-state index in [4.69, 9.17) is 11.6 Å². The van der Waals surface area contributed by atoms with Gasteiger partial charge in [0.1, 0.15) is 0 Å². The monoisotopic (exact) mass is 324 g/mol. The number of amides is 1. The third-order valence-electron chi connectivity index (χ3n) is 2.97. The van der Waals surface area contributed by atoms with Crippen LogP contribution in [0.3, 0.4) is 0 Å². The summed E-state index contributed by atoms with van der Waals surface area (Å²) in [5, 5.41) is 13.9. The summed E-state index contributed by atoms with van der Waals surface area (Å²) >= 11 is 7.24. The molecule has 112 valence electrons. The standard InChI is InChI=1S/C15H17ClN2O2S/c1-9(2)13-8-17-15(21-13)18-14(20)7-12(19)10-3-5-11(16)6-4-10/h3-6,8-9,12,19H,7H2,1-2H3,(H,17,18,20). The van der Waals surface area contributed by atoms with Gasteiger partial charge in [0.05, 0.1) is 12.5 Å². The number of carbonyl (C=O) groups excluding carboxylic acids is 1. The molecule has 1 aromatic carbocycles. The minimum Gasteiger partial charge on any atom is -0.388 e. The van der Waals surface area contributed by atoms with Crippen molar-refractivity contribution < 1.29 is 9.90 Å². The normalized spacial score (nSPS) is 12.4. The Morgan fingerprint density at radius 2 is 2.05 bits per heavy atom. The first-order chi connectivity index (χ1) is 9.95. The van der Waals surface area contributed by atoms with Crippen molar-refractivity contribution in [1.29, 1.82) is 0 Å². The van der Waals surface area contributed by atoms with Crippen LogP contribution >= 0.6 is 22.9 Å². The Labute approximate surface area is 132 Å². The number of hydrogen-bond donors (Lipinski definition) is 2. The molecule has 2 N–H and O–H groups in total. The maximum atomic E-state index is 11.9. The number of nitrogens with zero attached hydrogens (tertiary/aromatic N) is 1. The molecular formula is C15H17ClN2O2S. The van der Waals surface area contributed by atoms with E-state index in [0.717, 1.165) is 4.88 Å². The van der Waals surface area contributed by atoms with Gasteiger partial charge in [0, 0.05) is 16.1 Å². The van der Waals surface area contributed by atoms with Crippen LogP contribution < -0.4 is 5.32 Å². The fraction of sp³-hybridized carbons (Fsp3) is 0.333. The lowest BCUT2D eigenvalue weighted by molar-refractivity contribution is -0.118. The van der Waals surface area contributed by atoms with Crippen molar-refractivity contribution in [3.05, 3.63) is 45.9 Å². The lowest BCUT2D eigenvalue weighted by Crippen LogP contribution is -2.15. The SMILES string of the molecule is CC(C)c1cnc(NC(=O)CC(O)c2ccc(Cl)cc2)s1. The molecule has 1 aromatic heterocycles. The molecule has 0 aliphatic carbocycles.